The van der Waals surface area contributed by atoms with Gasteiger partial charge in [0.1, 0.15) is 0 Å². The molecule has 2 fully saturated rings. The summed E-state index contributed by atoms with van der Waals surface area (Å²) in [6.45, 7) is 3.54. The summed E-state index contributed by atoms with van der Waals surface area (Å²) in [6.07, 6.45) is 5.47. The number of piperidine rings is 1. The van der Waals surface area contributed by atoms with Gasteiger partial charge in [0, 0.05) is 27.6 Å². The third-order valence-electron chi connectivity index (χ3n) is 4.17. The molecule has 1 saturated heterocycles. The van der Waals surface area contributed by atoms with Gasteiger partial charge in [0.05, 0.1) is 0 Å². The minimum atomic E-state index is 0.692. The maximum absolute atomic E-state index is 3.70. The van der Waals surface area contributed by atoms with Gasteiger partial charge in [-0.15, -0.1) is 0 Å². The zero-order valence-corrected chi connectivity index (χ0v) is 14.2. The summed E-state index contributed by atoms with van der Waals surface area (Å²) in [4.78, 5) is 2.67. The van der Waals surface area contributed by atoms with E-state index < -0.39 is 0 Å². The van der Waals surface area contributed by atoms with E-state index >= 15 is 0 Å². The topological polar surface area (TPSA) is 15.3 Å². The smallest absolute Gasteiger partial charge is 0.0320 e. The van der Waals surface area contributed by atoms with Crippen LogP contribution in [0.15, 0.2) is 27.1 Å². The molecule has 0 radical (unpaired) electrons. The molecule has 0 aromatic heterocycles. The standard InChI is InChI=1S/C15H20Br2N2/c16-14-4-1-11(9-15(14)17)10-18-12-5-7-19(8-6-12)13-2-3-13/h1,4,9,12-13,18H,2-3,5-8,10H2. The number of hydrogen-bond donors (Lipinski definition) is 1. The van der Waals surface area contributed by atoms with Gasteiger partial charge in [0.2, 0.25) is 0 Å². The molecule has 1 aliphatic carbocycles. The minimum absolute atomic E-state index is 0.692. The fourth-order valence-electron chi connectivity index (χ4n) is 2.82. The first-order chi connectivity index (χ1) is 9.22. The van der Waals surface area contributed by atoms with E-state index in [1.165, 1.54) is 44.3 Å². The van der Waals surface area contributed by atoms with E-state index in [9.17, 15) is 0 Å². The SMILES string of the molecule is Brc1ccc(CNC2CCN(C3CC3)CC2)cc1Br. The molecule has 2 aliphatic rings. The second-order valence-corrected chi connectivity index (χ2v) is 7.38. The molecule has 0 unspecified atom stereocenters. The molecule has 1 heterocycles. The highest BCUT2D eigenvalue weighted by Crippen LogP contribution is 2.29. The van der Waals surface area contributed by atoms with Crippen LogP contribution in [0.25, 0.3) is 0 Å². The zero-order chi connectivity index (χ0) is 13.2. The second kappa shape index (κ2) is 6.25. The number of rotatable bonds is 4. The van der Waals surface area contributed by atoms with Crippen molar-refractivity contribution < 1.29 is 0 Å². The number of halogens is 2. The average molecular weight is 388 g/mol. The lowest BCUT2D eigenvalue weighted by Gasteiger charge is -2.32. The molecule has 4 heteroatoms. The van der Waals surface area contributed by atoms with E-state index in [2.05, 4.69) is 60.3 Å². The highest BCUT2D eigenvalue weighted by Gasteiger charge is 2.31. The van der Waals surface area contributed by atoms with Crippen molar-refractivity contribution in [2.24, 2.45) is 0 Å². The van der Waals surface area contributed by atoms with E-state index in [1.807, 2.05) is 0 Å². The number of benzene rings is 1. The highest BCUT2D eigenvalue weighted by molar-refractivity contribution is 9.13. The number of nitrogens with zero attached hydrogens (tertiary/aromatic N) is 1. The third kappa shape index (κ3) is 3.81. The Balaban J connectivity index is 1.45. The van der Waals surface area contributed by atoms with Gasteiger partial charge in [0.25, 0.3) is 0 Å². The second-order valence-electron chi connectivity index (χ2n) is 5.67. The minimum Gasteiger partial charge on any atom is -0.310 e. The quantitative estimate of drug-likeness (QED) is 0.841. The molecular formula is C15H20Br2N2. The third-order valence-corrected chi connectivity index (χ3v) is 6.05. The Labute approximate surface area is 132 Å². The van der Waals surface area contributed by atoms with Crippen LogP contribution >= 0.6 is 31.9 Å². The fourth-order valence-corrected chi connectivity index (χ4v) is 3.49. The van der Waals surface area contributed by atoms with Crippen LogP contribution in [0.1, 0.15) is 31.2 Å². The van der Waals surface area contributed by atoms with E-state index in [0.717, 1.165) is 21.5 Å². The van der Waals surface area contributed by atoms with Crippen LogP contribution in [0.4, 0.5) is 0 Å². The van der Waals surface area contributed by atoms with Crippen molar-refractivity contribution in [3.8, 4) is 0 Å². The Morgan fingerprint density at radius 3 is 2.42 bits per heavy atom. The summed E-state index contributed by atoms with van der Waals surface area (Å²) >= 11 is 7.07. The summed E-state index contributed by atoms with van der Waals surface area (Å²) in [5.41, 5.74) is 1.35. The van der Waals surface area contributed by atoms with Crippen LogP contribution in [-0.4, -0.2) is 30.1 Å². The van der Waals surface area contributed by atoms with Gasteiger partial charge < -0.3 is 10.2 Å². The lowest BCUT2D eigenvalue weighted by atomic mass is 10.0. The lowest BCUT2D eigenvalue weighted by molar-refractivity contribution is 0.189. The normalized spacial score (nSPS) is 21.8. The predicted molar refractivity (Wildman–Crippen MR) is 86.3 cm³/mol. The molecule has 0 spiro atoms. The molecular weight excluding hydrogens is 368 g/mol. The summed E-state index contributed by atoms with van der Waals surface area (Å²) in [5, 5.41) is 3.70. The number of hydrogen-bond acceptors (Lipinski definition) is 2. The van der Waals surface area contributed by atoms with Crippen LogP contribution in [0, 0.1) is 0 Å². The van der Waals surface area contributed by atoms with Crippen molar-refractivity contribution in [1.82, 2.24) is 10.2 Å². The van der Waals surface area contributed by atoms with Crippen molar-refractivity contribution >= 4 is 31.9 Å². The van der Waals surface area contributed by atoms with Gasteiger partial charge in [0.15, 0.2) is 0 Å². The van der Waals surface area contributed by atoms with Crippen LogP contribution in [0.3, 0.4) is 0 Å². The monoisotopic (exact) mass is 386 g/mol. The van der Waals surface area contributed by atoms with Crippen molar-refractivity contribution in [3.63, 3.8) is 0 Å². The number of nitrogens with one attached hydrogen (secondary N) is 1. The summed E-state index contributed by atoms with van der Waals surface area (Å²) in [6, 6.07) is 8.11. The number of likely N-dealkylation sites (tertiary alicyclic amines) is 1. The van der Waals surface area contributed by atoms with Gasteiger partial charge >= 0.3 is 0 Å². The summed E-state index contributed by atoms with van der Waals surface area (Å²) in [7, 11) is 0. The molecule has 19 heavy (non-hydrogen) atoms. The van der Waals surface area contributed by atoms with Crippen molar-refractivity contribution in [3.05, 3.63) is 32.7 Å². The van der Waals surface area contributed by atoms with Gasteiger partial charge in [-0.1, -0.05) is 6.07 Å². The molecule has 0 atom stereocenters. The molecule has 3 rings (SSSR count). The summed E-state index contributed by atoms with van der Waals surface area (Å²) in [5.74, 6) is 0. The Hall–Kier alpha value is 0.1000. The van der Waals surface area contributed by atoms with Crippen LogP contribution in [-0.2, 0) is 6.54 Å². The van der Waals surface area contributed by atoms with Crippen LogP contribution < -0.4 is 5.32 Å². The molecule has 1 N–H and O–H groups in total. The average Bonchev–Trinajstić information content (AvgIpc) is 3.25. The molecule has 1 saturated carbocycles. The van der Waals surface area contributed by atoms with Gasteiger partial charge in [-0.05, 0) is 88.3 Å². The van der Waals surface area contributed by atoms with Crippen molar-refractivity contribution in [2.75, 3.05) is 13.1 Å². The van der Waals surface area contributed by atoms with E-state index in [-0.39, 0.29) is 0 Å². The highest BCUT2D eigenvalue weighted by atomic mass is 79.9. The molecule has 104 valence electrons. The molecule has 2 nitrogen and oxygen atoms in total. The van der Waals surface area contributed by atoms with Crippen LogP contribution in [0.2, 0.25) is 0 Å². The Morgan fingerprint density at radius 2 is 1.79 bits per heavy atom. The van der Waals surface area contributed by atoms with Gasteiger partial charge in [-0.2, -0.15) is 0 Å². The van der Waals surface area contributed by atoms with Gasteiger partial charge in [-0.25, -0.2) is 0 Å². The summed E-state index contributed by atoms with van der Waals surface area (Å²) < 4.78 is 2.25. The maximum Gasteiger partial charge on any atom is 0.0320 e. The molecule has 1 aromatic carbocycles. The maximum atomic E-state index is 3.70. The fraction of sp³-hybridized carbons (Fsp3) is 0.600. The van der Waals surface area contributed by atoms with Crippen molar-refractivity contribution in [1.29, 1.82) is 0 Å². The largest absolute Gasteiger partial charge is 0.310 e. The lowest BCUT2D eigenvalue weighted by Crippen LogP contribution is -2.43. The first-order valence-electron chi connectivity index (χ1n) is 7.14. The first-order valence-corrected chi connectivity index (χ1v) is 8.72. The first kappa shape index (κ1) is 14.1. The Bertz CT molecular complexity index is 438. The van der Waals surface area contributed by atoms with E-state index in [0.29, 0.717) is 6.04 Å². The Kier molecular flexibility index (Phi) is 4.62. The molecule has 0 bridgehead atoms. The molecule has 0 amide bonds. The van der Waals surface area contributed by atoms with E-state index in [4.69, 9.17) is 0 Å². The zero-order valence-electron chi connectivity index (χ0n) is 11.0. The predicted octanol–water partition coefficient (Wildman–Crippen LogP) is 3.93. The van der Waals surface area contributed by atoms with Gasteiger partial charge in [-0.3, -0.25) is 0 Å². The van der Waals surface area contributed by atoms with Crippen molar-refractivity contribution in [2.45, 2.75) is 44.3 Å². The van der Waals surface area contributed by atoms with E-state index in [1.54, 1.807) is 0 Å². The molecule has 1 aromatic rings. The Morgan fingerprint density at radius 1 is 1.05 bits per heavy atom. The van der Waals surface area contributed by atoms with Crippen LogP contribution in [0.5, 0.6) is 0 Å². The molecule has 1 aliphatic heterocycles.